The Labute approximate surface area is 97.0 Å². The molecule has 0 radical (unpaired) electrons. The van der Waals surface area contributed by atoms with E-state index >= 15 is 0 Å². The number of piperazine rings is 1. The number of nitrogens with one attached hydrogen (secondary N) is 1. The first kappa shape index (κ1) is 13.9. The number of hydrogen-bond donors (Lipinski definition) is 1. The highest BCUT2D eigenvalue weighted by molar-refractivity contribution is 8.06. The van der Waals surface area contributed by atoms with Crippen LogP contribution in [0.1, 0.15) is 13.8 Å². The van der Waals surface area contributed by atoms with E-state index in [4.69, 9.17) is 0 Å². The molecule has 1 heterocycles. The lowest BCUT2D eigenvalue weighted by Crippen LogP contribution is -2.60. The maximum Gasteiger partial charge on any atom is 0.229 e. The van der Waals surface area contributed by atoms with Gasteiger partial charge in [-0.25, -0.2) is 16.8 Å². The van der Waals surface area contributed by atoms with E-state index < -0.39 is 30.5 Å². The second-order valence-electron chi connectivity index (χ2n) is 4.72. The molecule has 1 aliphatic heterocycles. The molecule has 96 valence electrons. The molecular weight excluding hydrogens is 252 g/mol. The lowest BCUT2D eigenvalue weighted by molar-refractivity contribution is 0.187. The molecule has 8 heteroatoms. The van der Waals surface area contributed by atoms with E-state index in [-0.39, 0.29) is 0 Å². The molecule has 1 rings (SSSR count). The van der Waals surface area contributed by atoms with E-state index in [0.29, 0.717) is 19.6 Å². The van der Waals surface area contributed by atoms with Gasteiger partial charge in [-0.15, -0.1) is 0 Å². The Morgan fingerprint density at radius 3 is 2.25 bits per heavy atom. The second kappa shape index (κ2) is 4.25. The van der Waals surface area contributed by atoms with E-state index in [1.165, 1.54) is 4.31 Å². The van der Waals surface area contributed by atoms with Gasteiger partial charge in [-0.05, 0) is 13.8 Å². The molecule has 6 nitrogen and oxygen atoms in total. The molecule has 1 aliphatic rings. The zero-order chi connectivity index (χ0) is 12.6. The predicted molar refractivity (Wildman–Crippen MR) is 62.3 cm³/mol. The van der Waals surface area contributed by atoms with Gasteiger partial charge >= 0.3 is 0 Å². The number of nitrogens with zero attached hydrogens (tertiary/aromatic N) is 1. The quantitative estimate of drug-likeness (QED) is 0.711. The number of sulfonamides is 1. The third-order valence-electron chi connectivity index (χ3n) is 2.42. The van der Waals surface area contributed by atoms with Crippen LogP contribution in [-0.2, 0) is 19.9 Å². The standard InChI is InChI=1S/C8H18N2O4S2/c1-8(2)6-9-4-5-10(8)16(13,14)7-15(3,11)12/h9H,4-7H2,1-3H3. The van der Waals surface area contributed by atoms with Crippen molar-refractivity contribution in [3.63, 3.8) is 0 Å². The molecule has 0 aromatic rings. The summed E-state index contributed by atoms with van der Waals surface area (Å²) >= 11 is 0. The second-order valence-corrected chi connectivity index (χ2v) is 9.12. The van der Waals surface area contributed by atoms with Crippen molar-refractivity contribution in [2.75, 3.05) is 31.0 Å². The highest BCUT2D eigenvalue weighted by Gasteiger charge is 2.39. The van der Waals surface area contributed by atoms with Gasteiger partial charge in [0, 0.05) is 31.4 Å². The molecule has 0 aromatic carbocycles. The highest BCUT2D eigenvalue weighted by atomic mass is 32.3. The zero-order valence-corrected chi connectivity index (χ0v) is 11.4. The Hall–Kier alpha value is -0.180. The molecular formula is C8H18N2O4S2. The van der Waals surface area contributed by atoms with Crippen LogP contribution in [0.15, 0.2) is 0 Å². The predicted octanol–water partition coefficient (Wildman–Crippen LogP) is -0.998. The van der Waals surface area contributed by atoms with Crippen LogP contribution in [0.3, 0.4) is 0 Å². The summed E-state index contributed by atoms with van der Waals surface area (Å²) in [7, 11) is -7.27. The summed E-state index contributed by atoms with van der Waals surface area (Å²) in [6, 6.07) is 0. The van der Waals surface area contributed by atoms with E-state index in [1.807, 2.05) is 0 Å². The SMILES string of the molecule is CC1(C)CNCCN1S(=O)(=O)CS(C)(=O)=O. The Kier molecular flexibility index (Phi) is 3.68. The van der Waals surface area contributed by atoms with Gasteiger partial charge in [0.2, 0.25) is 10.0 Å². The number of hydrogen-bond acceptors (Lipinski definition) is 5. The van der Waals surface area contributed by atoms with E-state index in [0.717, 1.165) is 6.26 Å². The smallest absolute Gasteiger partial charge is 0.229 e. The van der Waals surface area contributed by atoms with Gasteiger partial charge < -0.3 is 5.32 Å². The van der Waals surface area contributed by atoms with E-state index in [9.17, 15) is 16.8 Å². The molecule has 1 saturated heterocycles. The molecule has 1 N–H and O–H groups in total. The summed E-state index contributed by atoms with van der Waals surface area (Å²) in [5.41, 5.74) is -0.582. The third kappa shape index (κ3) is 3.41. The monoisotopic (exact) mass is 270 g/mol. The molecule has 0 spiro atoms. The minimum atomic E-state index is -3.74. The minimum Gasteiger partial charge on any atom is -0.314 e. The summed E-state index contributed by atoms with van der Waals surface area (Å²) in [6.07, 6.45) is 0.930. The molecule has 0 amide bonds. The van der Waals surface area contributed by atoms with Crippen LogP contribution in [0, 0.1) is 0 Å². The number of sulfone groups is 1. The molecule has 0 unspecified atom stereocenters. The number of rotatable bonds is 3. The van der Waals surface area contributed by atoms with Crippen molar-refractivity contribution in [3.05, 3.63) is 0 Å². The Morgan fingerprint density at radius 1 is 1.25 bits per heavy atom. The molecule has 0 atom stereocenters. The fourth-order valence-corrected chi connectivity index (χ4v) is 5.68. The zero-order valence-electron chi connectivity index (χ0n) is 9.73. The molecule has 16 heavy (non-hydrogen) atoms. The van der Waals surface area contributed by atoms with Crippen molar-refractivity contribution in [2.45, 2.75) is 19.4 Å². The Bertz CT molecular complexity index is 452. The third-order valence-corrected chi connectivity index (χ3v) is 6.68. The van der Waals surface area contributed by atoms with Crippen LogP contribution in [0.2, 0.25) is 0 Å². The van der Waals surface area contributed by atoms with Gasteiger partial charge in [0.25, 0.3) is 0 Å². The van der Waals surface area contributed by atoms with Crippen LogP contribution < -0.4 is 5.32 Å². The van der Waals surface area contributed by atoms with Crippen molar-refractivity contribution in [3.8, 4) is 0 Å². The Balaban J connectivity index is 2.99. The fourth-order valence-electron chi connectivity index (χ4n) is 1.82. The van der Waals surface area contributed by atoms with Crippen LogP contribution >= 0.6 is 0 Å². The van der Waals surface area contributed by atoms with Crippen molar-refractivity contribution in [2.24, 2.45) is 0 Å². The first-order valence-corrected chi connectivity index (χ1v) is 8.61. The molecule has 0 aromatic heterocycles. The largest absolute Gasteiger partial charge is 0.314 e. The van der Waals surface area contributed by atoms with Crippen molar-refractivity contribution >= 4 is 19.9 Å². The molecule has 0 bridgehead atoms. The van der Waals surface area contributed by atoms with Gasteiger partial charge in [0.1, 0.15) is 0 Å². The van der Waals surface area contributed by atoms with Crippen LogP contribution in [-0.4, -0.2) is 57.7 Å². The minimum absolute atomic E-state index is 0.310. The summed E-state index contributed by atoms with van der Waals surface area (Å²) in [5, 5.41) is 2.27. The maximum atomic E-state index is 11.9. The van der Waals surface area contributed by atoms with E-state index in [2.05, 4.69) is 5.32 Å². The van der Waals surface area contributed by atoms with Crippen LogP contribution in [0.4, 0.5) is 0 Å². The normalized spacial score (nSPS) is 23.2. The topological polar surface area (TPSA) is 83.6 Å². The van der Waals surface area contributed by atoms with E-state index in [1.54, 1.807) is 13.8 Å². The fraction of sp³-hybridized carbons (Fsp3) is 1.00. The van der Waals surface area contributed by atoms with Gasteiger partial charge in [-0.3, -0.25) is 0 Å². The van der Waals surface area contributed by atoms with Gasteiger partial charge in [-0.1, -0.05) is 0 Å². The van der Waals surface area contributed by atoms with Crippen LogP contribution in [0.5, 0.6) is 0 Å². The summed E-state index contributed by atoms with van der Waals surface area (Å²) < 4.78 is 47.3. The first-order chi connectivity index (χ1) is 7.05. The van der Waals surface area contributed by atoms with Gasteiger partial charge in [-0.2, -0.15) is 4.31 Å². The average Bonchev–Trinajstić information content (AvgIpc) is 1.97. The summed E-state index contributed by atoms with van der Waals surface area (Å²) in [4.78, 5) is 0. The molecule has 1 fully saturated rings. The maximum absolute atomic E-state index is 11.9. The van der Waals surface area contributed by atoms with Crippen molar-refractivity contribution in [1.82, 2.24) is 9.62 Å². The summed E-state index contributed by atoms with van der Waals surface area (Å²) in [5.74, 6) is 0. The molecule has 0 aliphatic carbocycles. The average molecular weight is 270 g/mol. The first-order valence-electron chi connectivity index (χ1n) is 4.94. The Morgan fingerprint density at radius 2 is 1.81 bits per heavy atom. The van der Waals surface area contributed by atoms with Gasteiger partial charge in [0.15, 0.2) is 14.9 Å². The summed E-state index contributed by atoms with van der Waals surface area (Å²) in [6.45, 7) is 4.94. The lowest BCUT2D eigenvalue weighted by Gasteiger charge is -2.41. The van der Waals surface area contributed by atoms with Crippen molar-refractivity contribution < 1.29 is 16.8 Å². The lowest BCUT2D eigenvalue weighted by atomic mass is 10.0. The van der Waals surface area contributed by atoms with Gasteiger partial charge in [0.05, 0.1) is 0 Å². The van der Waals surface area contributed by atoms with Crippen LogP contribution in [0.25, 0.3) is 0 Å². The highest BCUT2D eigenvalue weighted by Crippen LogP contribution is 2.21. The van der Waals surface area contributed by atoms with Crippen molar-refractivity contribution in [1.29, 1.82) is 0 Å². The molecule has 0 saturated carbocycles.